The molecule has 9 heteroatoms. The summed E-state index contributed by atoms with van der Waals surface area (Å²) < 4.78 is 3.07. The number of para-hydroxylation sites is 1. The van der Waals surface area contributed by atoms with Crippen LogP contribution >= 0.6 is 0 Å². The van der Waals surface area contributed by atoms with Crippen molar-refractivity contribution in [3.05, 3.63) is 52.7 Å². The minimum Gasteiger partial charge on any atom is -0.366 e. The van der Waals surface area contributed by atoms with E-state index < -0.39 is 5.91 Å². The van der Waals surface area contributed by atoms with Crippen LogP contribution in [0.5, 0.6) is 0 Å². The number of aromatic nitrogens is 4. The summed E-state index contributed by atoms with van der Waals surface area (Å²) in [5, 5.41) is 7.31. The van der Waals surface area contributed by atoms with E-state index in [0.29, 0.717) is 16.7 Å². The summed E-state index contributed by atoms with van der Waals surface area (Å²) in [5.74, 6) is -0.969. The Bertz CT molecular complexity index is 1110. The molecule has 9 nitrogen and oxygen atoms in total. The van der Waals surface area contributed by atoms with Gasteiger partial charge in [-0.3, -0.25) is 19.0 Å². The molecule has 3 N–H and O–H groups in total. The van der Waals surface area contributed by atoms with Gasteiger partial charge in [0.15, 0.2) is 5.65 Å². The monoisotopic (exact) mass is 382 g/mol. The van der Waals surface area contributed by atoms with Gasteiger partial charge >= 0.3 is 0 Å². The van der Waals surface area contributed by atoms with Gasteiger partial charge in [0.25, 0.3) is 11.5 Å². The lowest BCUT2D eigenvalue weighted by molar-refractivity contribution is -0.116. The average molecular weight is 382 g/mol. The van der Waals surface area contributed by atoms with Gasteiger partial charge < -0.3 is 11.1 Å². The Balaban J connectivity index is 1.76. The van der Waals surface area contributed by atoms with Crippen molar-refractivity contribution >= 4 is 28.5 Å². The van der Waals surface area contributed by atoms with Crippen LogP contribution in [0.2, 0.25) is 0 Å². The van der Waals surface area contributed by atoms with Gasteiger partial charge in [0.05, 0.1) is 29.3 Å². The Hall–Kier alpha value is -3.49. The molecule has 2 heterocycles. The van der Waals surface area contributed by atoms with Crippen LogP contribution in [0.1, 0.15) is 37.6 Å². The molecule has 0 aliphatic carbocycles. The average Bonchev–Trinajstić information content (AvgIpc) is 3.07. The van der Waals surface area contributed by atoms with Gasteiger partial charge in [-0.15, -0.1) is 0 Å². The van der Waals surface area contributed by atoms with E-state index in [1.54, 1.807) is 22.9 Å². The minimum atomic E-state index is -0.627. The van der Waals surface area contributed by atoms with Crippen LogP contribution in [0.15, 0.2) is 41.6 Å². The Labute approximate surface area is 161 Å². The molecular formula is C19H22N6O3. The second kappa shape index (κ2) is 7.26. The number of rotatable bonds is 5. The van der Waals surface area contributed by atoms with Gasteiger partial charge in [0.1, 0.15) is 5.39 Å². The number of primary amides is 1. The van der Waals surface area contributed by atoms with Crippen molar-refractivity contribution in [2.24, 2.45) is 5.73 Å². The molecule has 0 saturated carbocycles. The summed E-state index contributed by atoms with van der Waals surface area (Å²) in [6.45, 7) is 6.07. The molecule has 0 atom stereocenters. The van der Waals surface area contributed by atoms with Gasteiger partial charge in [-0.05, 0) is 32.9 Å². The highest BCUT2D eigenvalue weighted by atomic mass is 16.2. The molecule has 0 saturated heterocycles. The number of nitrogens with zero attached hydrogens (tertiary/aromatic N) is 4. The van der Waals surface area contributed by atoms with E-state index >= 15 is 0 Å². The topological polar surface area (TPSA) is 125 Å². The lowest BCUT2D eigenvalue weighted by atomic mass is 10.1. The summed E-state index contributed by atoms with van der Waals surface area (Å²) in [7, 11) is 0. The number of hydrogen-bond donors (Lipinski definition) is 2. The number of carbonyl (C=O) groups excluding carboxylic acids is 2. The zero-order valence-electron chi connectivity index (χ0n) is 16.0. The fourth-order valence-corrected chi connectivity index (χ4v) is 2.84. The maximum Gasteiger partial charge on any atom is 0.264 e. The number of hydrogen-bond acceptors (Lipinski definition) is 5. The first kappa shape index (κ1) is 19.3. The molecule has 3 rings (SSSR count). The maximum atomic E-state index is 12.7. The third kappa shape index (κ3) is 3.78. The SMILES string of the molecule is CC(C)(C)n1ncc2c(=O)n(CCC(=O)Nc3ccccc3C(N)=O)cnc21. The van der Waals surface area contributed by atoms with Crippen LogP contribution in [-0.2, 0) is 16.9 Å². The highest BCUT2D eigenvalue weighted by molar-refractivity contribution is 6.02. The minimum absolute atomic E-state index is 0.0353. The van der Waals surface area contributed by atoms with Crippen molar-refractivity contribution < 1.29 is 9.59 Å². The van der Waals surface area contributed by atoms with E-state index in [1.807, 2.05) is 20.8 Å². The predicted molar refractivity (Wildman–Crippen MR) is 105 cm³/mol. The third-order valence-electron chi connectivity index (χ3n) is 4.24. The molecule has 0 radical (unpaired) electrons. The van der Waals surface area contributed by atoms with Crippen LogP contribution in [-0.4, -0.2) is 31.1 Å². The van der Waals surface area contributed by atoms with Crippen LogP contribution < -0.4 is 16.6 Å². The van der Waals surface area contributed by atoms with Crippen molar-refractivity contribution in [1.29, 1.82) is 0 Å². The fraction of sp³-hybridized carbons (Fsp3) is 0.316. The van der Waals surface area contributed by atoms with E-state index in [1.165, 1.54) is 23.2 Å². The molecule has 0 bridgehead atoms. The van der Waals surface area contributed by atoms with Crippen molar-refractivity contribution in [2.45, 2.75) is 39.3 Å². The first-order valence-electron chi connectivity index (χ1n) is 8.81. The van der Waals surface area contributed by atoms with Crippen molar-refractivity contribution in [1.82, 2.24) is 19.3 Å². The molecular weight excluding hydrogens is 360 g/mol. The van der Waals surface area contributed by atoms with Gasteiger partial charge in [0, 0.05) is 13.0 Å². The Morgan fingerprint density at radius 2 is 1.93 bits per heavy atom. The molecule has 0 fully saturated rings. The molecule has 0 aliphatic heterocycles. The van der Waals surface area contributed by atoms with Gasteiger partial charge in [-0.25, -0.2) is 9.67 Å². The summed E-state index contributed by atoms with van der Waals surface area (Å²) in [5.41, 5.74) is 5.82. The molecule has 0 aliphatic rings. The van der Waals surface area contributed by atoms with Crippen LogP contribution in [0.3, 0.4) is 0 Å². The molecule has 0 unspecified atom stereocenters. The summed E-state index contributed by atoms with van der Waals surface area (Å²) >= 11 is 0. The van der Waals surface area contributed by atoms with E-state index in [9.17, 15) is 14.4 Å². The van der Waals surface area contributed by atoms with Crippen molar-refractivity contribution in [3.8, 4) is 0 Å². The number of anilines is 1. The first-order chi connectivity index (χ1) is 13.2. The number of benzene rings is 1. The Morgan fingerprint density at radius 3 is 2.61 bits per heavy atom. The number of nitrogens with two attached hydrogens (primary N) is 1. The smallest absolute Gasteiger partial charge is 0.264 e. The highest BCUT2D eigenvalue weighted by Gasteiger charge is 2.20. The molecule has 28 heavy (non-hydrogen) atoms. The van der Waals surface area contributed by atoms with E-state index in [4.69, 9.17) is 5.73 Å². The zero-order valence-corrected chi connectivity index (χ0v) is 16.0. The molecule has 2 amide bonds. The van der Waals surface area contributed by atoms with Gasteiger partial charge in [0.2, 0.25) is 5.91 Å². The maximum absolute atomic E-state index is 12.7. The standard InChI is InChI=1S/C19H22N6O3/c1-19(2,3)25-17-13(10-22-25)18(28)24(11-21-17)9-8-15(26)23-14-7-5-4-6-12(14)16(20)27/h4-7,10-11H,8-9H2,1-3H3,(H2,20,27)(H,23,26). The van der Waals surface area contributed by atoms with Gasteiger partial charge in [-0.2, -0.15) is 5.10 Å². The second-order valence-electron chi connectivity index (χ2n) is 7.42. The third-order valence-corrected chi connectivity index (χ3v) is 4.24. The van der Waals surface area contributed by atoms with Crippen LogP contribution in [0, 0.1) is 0 Å². The molecule has 2 aromatic heterocycles. The highest BCUT2D eigenvalue weighted by Crippen LogP contribution is 2.18. The summed E-state index contributed by atoms with van der Waals surface area (Å²) in [6, 6.07) is 6.48. The number of nitrogens with one attached hydrogen (secondary N) is 1. The van der Waals surface area contributed by atoms with E-state index in [0.717, 1.165) is 0 Å². The number of carbonyl (C=O) groups is 2. The fourth-order valence-electron chi connectivity index (χ4n) is 2.84. The molecule has 0 spiro atoms. The lowest BCUT2D eigenvalue weighted by Gasteiger charge is -2.19. The predicted octanol–water partition coefficient (Wildman–Crippen LogP) is 1.48. The van der Waals surface area contributed by atoms with E-state index in [2.05, 4.69) is 15.4 Å². The van der Waals surface area contributed by atoms with Gasteiger partial charge in [-0.1, -0.05) is 12.1 Å². The van der Waals surface area contributed by atoms with Crippen LogP contribution in [0.4, 0.5) is 5.69 Å². The lowest BCUT2D eigenvalue weighted by Crippen LogP contribution is -2.26. The Kier molecular flexibility index (Phi) is 5.00. The Morgan fingerprint density at radius 1 is 1.21 bits per heavy atom. The van der Waals surface area contributed by atoms with Crippen molar-refractivity contribution in [2.75, 3.05) is 5.32 Å². The molecule has 146 valence electrons. The number of fused-ring (bicyclic) bond motifs is 1. The number of amides is 2. The molecule has 1 aromatic carbocycles. The zero-order chi connectivity index (χ0) is 20.5. The number of aryl methyl sites for hydroxylation is 1. The van der Waals surface area contributed by atoms with Crippen LogP contribution in [0.25, 0.3) is 11.0 Å². The quantitative estimate of drug-likeness (QED) is 0.691. The molecule has 3 aromatic rings. The summed E-state index contributed by atoms with van der Waals surface area (Å²) in [4.78, 5) is 40.7. The van der Waals surface area contributed by atoms with E-state index in [-0.39, 0.29) is 35.5 Å². The summed E-state index contributed by atoms with van der Waals surface area (Å²) in [6.07, 6.45) is 2.95. The van der Waals surface area contributed by atoms with Crippen molar-refractivity contribution in [3.63, 3.8) is 0 Å². The largest absolute Gasteiger partial charge is 0.366 e. The first-order valence-corrected chi connectivity index (χ1v) is 8.81. The second-order valence-corrected chi connectivity index (χ2v) is 7.42. The normalized spacial score (nSPS) is 11.5.